The van der Waals surface area contributed by atoms with E-state index in [1.165, 1.54) is 0 Å². The minimum atomic E-state index is -0.522. The lowest BCUT2D eigenvalue weighted by Gasteiger charge is -2.16. The molecule has 0 aromatic heterocycles. The first kappa shape index (κ1) is 29.4. The summed E-state index contributed by atoms with van der Waals surface area (Å²) in [5, 5.41) is 4.52. The van der Waals surface area contributed by atoms with Crippen molar-refractivity contribution < 1.29 is 23.9 Å². The summed E-state index contributed by atoms with van der Waals surface area (Å²) < 4.78 is 12.8. The molecule has 1 aliphatic heterocycles. The molecule has 0 saturated carbocycles. The summed E-state index contributed by atoms with van der Waals surface area (Å²) in [6, 6.07) is 23.5. The normalized spacial score (nSPS) is 14.1. The Balaban J connectivity index is 1.32. The van der Waals surface area contributed by atoms with Crippen molar-refractivity contribution in [2.24, 2.45) is 0 Å². The molecule has 5 rings (SSSR count). The standard InChI is InChI=1S/C33H29BrN2O5S/c1-4-40-28-16-22(15-27(34)31(28)41-19-24-10-7-9-23-8-5-6-11-26(23)24)17-29-32(38)36(33(39)42-29)18-30(37)35-25-13-20(2)12-21(3)14-25/h5-17H,4,18-19H2,1-3H3,(H,35,37)/b29-17+. The van der Waals surface area contributed by atoms with E-state index in [0.717, 1.165) is 44.1 Å². The topological polar surface area (TPSA) is 84.9 Å². The Hall–Kier alpha value is -4.08. The summed E-state index contributed by atoms with van der Waals surface area (Å²) in [5.41, 5.74) is 4.31. The first-order chi connectivity index (χ1) is 20.2. The van der Waals surface area contributed by atoms with Gasteiger partial charge in [0.1, 0.15) is 13.2 Å². The Morgan fingerprint density at radius 1 is 0.976 bits per heavy atom. The smallest absolute Gasteiger partial charge is 0.294 e. The number of hydrogen-bond donors (Lipinski definition) is 1. The Morgan fingerprint density at radius 3 is 2.48 bits per heavy atom. The first-order valence-electron chi connectivity index (χ1n) is 13.4. The van der Waals surface area contributed by atoms with Crippen molar-refractivity contribution in [1.29, 1.82) is 0 Å². The van der Waals surface area contributed by atoms with Crippen molar-refractivity contribution in [2.75, 3.05) is 18.5 Å². The molecule has 0 aliphatic carbocycles. The highest BCUT2D eigenvalue weighted by atomic mass is 79.9. The fraction of sp³-hybridized carbons (Fsp3) is 0.182. The third kappa shape index (κ3) is 6.69. The van der Waals surface area contributed by atoms with Gasteiger partial charge in [0.05, 0.1) is 16.0 Å². The van der Waals surface area contributed by atoms with Gasteiger partial charge in [0.15, 0.2) is 11.5 Å². The maximum Gasteiger partial charge on any atom is 0.294 e. The summed E-state index contributed by atoms with van der Waals surface area (Å²) in [6.07, 6.45) is 1.62. The maximum atomic E-state index is 13.1. The van der Waals surface area contributed by atoms with E-state index in [0.29, 0.717) is 40.4 Å². The SMILES string of the molecule is CCOc1cc(/C=C2/SC(=O)N(CC(=O)Nc3cc(C)cc(C)c3)C2=O)cc(Br)c1OCc1cccc2ccccc12. The van der Waals surface area contributed by atoms with Crippen LogP contribution in [0.15, 0.2) is 82.2 Å². The minimum Gasteiger partial charge on any atom is -0.490 e. The van der Waals surface area contributed by atoms with Gasteiger partial charge in [-0.3, -0.25) is 19.3 Å². The molecule has 9 heteroatoms. The number of carbonyl (C=O) groups is 3. The minimum absolute atomic E-state index is 0.220. The van der Waals surface area contributed by atoms with Gasteiger partial charge in [-0.2, -0.15) is 0 Å². The van der Waals surface area contributed by atoms with Gasteiger partial charge in [0.2, 0.25) is 5.91 Å². The number of hydrogen-bond acceptors (Lipinski definition) is 6. The Kier molecular flexibility index (Phi) is 8.99. The fourth-order valence-electron chi connectivity index (χ4n) is 4.82. The number of carbonyl (C=O) groups excluding carboxylic acids is 3. The largest absolute Gasteiger partial charge is 0.490 e. The van der Waals surface area contributed by atoms with E-state index in [-0.39, 0.29) is 11.4 Å². The van der Waals surface area contributed by atoms with Gasteiger partial charge in [-0.15, -0.1) is 0 Å². The Bertz CT molecular complexity index is 1710. The fourth-order valence-corrected chi connectivity index (χ4v) is 6.23. The molecule has 0 radical (unpaired) electrons. The number of benzene rings is 4. The molecule has 214 valence electrons. The number of ether oxygens (including phenoxy) is 2. The highest BCUT2D eigenvalue weighted by molar-refractivity contribution is 9.10. The second-order valence-electron chi connectivity index (χ2n) is 9.88. The van der Waals surface area contributed by atoms with Crippen molar-refractivity contribution in [1.82, 2.24) is 4.90 Å². The van der Waals surface area contributed by atoms with Gasteiger partial charge >= 0.3 is 0 Å². The quantitative estimate of drug-likeness (QED) is 0.187. The van der Waals surface area contributed by atoms with E-state index < -0.39 is 17.1 Å². The average molecular weight is 646 g/mol. The highest BCUT2D eigenvalue weighted by Crippen LogP contribution is 2.40. The van der Waals surface area contributed by atoms with E-state index in [1.54, 1.807) is 12.1 Å². The van der Waals surface area contributed by atoms with Crippen molar-refractivity contribution >= 4 is 67.3 Å². The van der Waals surface area contributed by atoms with Crippen LogP contribution in [0.5, 0.6) is 11.5 Å². The van der Waals surface area contributed by atoms with Crippen LogP contribution in [0, 0.1) is 13.8 Å². The van der Waals surface area contributed by atoms with Crippen molar-refractivity contribution in [3.05, 3.63) is 104 Å². The second kappa shape index (κ2) is 12.8. The average Bonchev–Trinajstić information content (AvgIpc) is 3.19. The zero-order valence-corrected chi connectivity index (χ0v) is 25.8. The molecule has 1 heterocycles. The molecule has 1 saturated heterocycles. The maximum absolute atomic E-state index is 13.1. The number of anilines is 1. The van der Waals surface area contributed by atoms with Crippen LogP contribution in [0.1, 0.15) is 29.2 Å². The molecule has 4 aromatic rings. The van der Waals surface area contributed by atoms with Crippen LogP contribution in [-0.2, 0) is 16.2 Å². The number of rotatable bonds is 9. The van der Waals surface area contributed by atoms with E-state index >= 15 is 0 Å². The predicted molar refractivity (Wildman–Crippen MR) is 171 cm³/mol. The molecule has 0 spiro atoms. The molecule has 1 N–H and O–H groups in total. The zero-order chi connectivity index (χ0) is 29.8. The van der Waals surface area contributed by atoms with E-state index in [1.807, 2.05) is 69.3 Å². The Morgan fingerprint density at radius 2 is 1.71 bits per heavy atom. The molecule has 0 atom stereocenters. The number of fused-ring (bicyclic) bond motifs is 1. The second-order valence-corrected chi connectivity index (χ2v) is 11.7. The highest BCUT2D eigenvalue weighted by Gasteiger charge is 2.36. The molecular weight excluding hydrogens is 616 g/mol. The summed E-state index contributed by atoms with van der Waals surface area (Å²) in [4.78, 5) is 39.6. The van der Waals surface area contributed by atoms with E-state index in [4.69, 9.17) is 9.47 Å². The number of nitrogens with one attached hydrogen (secondary N) is 1. The van der Waals surface area contributed by atoms with E-state index in [2.05, 4.69) is 39.4 Å². The molecule has 1 fully saturated rings. The van der Waals surface area contributed by atoms with Crippen LogP contribution in [-0.4, -0.2) is 35.1 Å². The van der Waals surface area contributed by atoms with Crippen molar-refractivity contribution in [3.8, 4) is 11.5 Å². The van der Waals surface area contributed by atoms with Crippen molar-refractivity contribution in [3.63, 3.8) is 0 Å². The number of imide groups is 1. The third-order valence-corrected chi connectivity index (χ3v) is 8.06. The molecule has 7 nitrogen and oxygen atoms in total. The molecule has 42 heavy (non-hydrogen) atoms. The van der Waals surface area contributed by atoms with Crippen LogP contribution in [0.2, 0.25) is 0 Å². The number of nitrogens with zero attached hydrogens (tertiary/aromatic N) is 1. The van der Waals surface area contributed by atoms with Crippen LogP contribution < -0.4 is 14.8 Å². The summed E-state index contributed by atoms with van der Waals surface area (Å²) in [6.45, 7) is 6.12. The lowest BCUT2D eigenvalue weighted by molar-refractivity contribution is -0.127. The summed E-state index contributed by atoms with van der Waals surface area (Å²) >= 11 is 4.40. The number of aryl methyl sites for hydroxylation is 2. The molecule has 1 aliphatic rings. The summed E-state index contributed by atoms with van der Waals surface area (Å²) in [7, 11) is 0. The number of halogens is 1. The van der Waals surface area contributed by atoms with Gasteiger partial charge < -0.3 is 14.8 Å². The summed E-state index contributed by atoms with van der Waals surface area (Å²) in [5.74, 6) is 0.0760. The predicted octanol–water partition coefficient (Wildman–Crippen LogP) is 7.87. The van der Waals surface area contributed by atoms with Crippen LogP contribution in [0.4, 0.5) is 10.5 Å². The molecular formula is C33H29BrN2O5S. The Labute approximate surface area is 257 Å². The van der Waals surface area contributed by atoms with Gasteiger partial charge in [0.25, 0.3) is 11.1 Å². The van der Waals surface area contributed by atoms with Crippen LogP contribution in [0.25, 0.3) is 16.8 Å². The van der Waals surface area contributed by atoms with Gasteiger partial charge in [-0.05, 0) is 112 Å². The molecule has 4 aromatic carbocycles. The van der Waals surface area contributed by atoms with Crippen LogP contribution in [0.3, 0.4) is 0 Å². The molecule has 3 amide bonds. The molecule has 0 unspecified atom stereocenters. The lowest BCUT2D eigenvalue weighted by atomic mass is 10.1. The lowest BCUT2D eigenvalue weighted by Crippen LogP contribution is -2.36. The van der Waals surface area contributed by atoms with Gasteiger partial charge in [0, 0.05) is 5.69 Å². The van der Waals surface area contributed by atoms with Gasteiger partial charge in [-0.1, -0.05) is 48.5 Å². The van der Waals surface area contributed by atoms with Crippen molar-refractivity contribution in [2.45, 2.75) is 27.4 Å². The number of amides is 3. The molecule has 0 bridgehead atoms. The zero-order valence-electron chi connectivity index (χ0n) is 23.4. The first-order valence-corrected chi connectivity index (χ1v) is 15.0. The van der Waals surface area contributed by atoms with Gasteiger partial charge in [-0.25, -0.2) is 0 Å². The third-order valence-electron chi connectivity index (χ3n) is 6.56. The number of thioether (sulfide) groups is 1. The monoisotopic (exact) mass is 644 g/mol. The van der Waals surface area contributed by atoms with E-state index in [9.17, 15) is 14.4 Å². The van der Waals surface area contributed by atoms with Crippen LogP contribution >= 0.6 is 27.7 Å².